The Bertz CT molecular complexity index is 328. The van der Waals surface area contributed by atoms with E-state index in [1.54, 1.807) is 0 Å². The van der Waals surface area contributed by atoms with E-state index >= 15 is 0 Å². The summed E-state index contributed by atoms with van der Waals surface area (Å²) >= 11 is 0. The lowest BCUT2D eigenvalue weighted by molar-refractivity contribution is 0.123. The minimum atomic E-state index is 0.119. The van der Waals surface area contributed by atoms with E-state index in [4.69, 9.17) is 4.74 Å². The molecular formula is C14H27N3O. The summed E-state index contributed by atoms with van der Waals surface area (Å²) in [6, 6.07) is 0. The molecule has 1 aromatic rings. The van der Waals surface area contributed by atoms with Gasteiger partial charge in [-0.15, -0.1) is 0 Å². The second-order valence-electron chi connectivity index (χ2n) is 5.61. The van der Waals surface area contributed by atoms with Gasteiger partial charge in [0.25, 0.3) is 0 Å². The van der Waals surface area contributed by atoms with Gasteiger partial charge in [0.05, 0.1) is 13.2 Å². The van der Waals surface area contributed by atoms with E-state index in [0.717, 1.165) is 38.5 Å². The highest BCUT2D eigenvalue weighted by Gasteiger charge is 2.10. The van der Waals surface area contributed by atoms with Crippen LogP contribution in [0.1, 0.15) is 46.4 Å². The summed E-state index contributed by atoms with van der Waals surface area (Å²) in [6.07, 6.45) is 6.20. The van der Waals surface area contributed by atoms with E-state index in [9.17, 15) is 0 Å². The smallest absolute Gasteiger partial charge is 0.122 e. The summed E-state index contributed by atoms with van der Waals surface area (Å²) in [7, 11) is 0. The number of rotatable bonds is 8. The van der Waals surface area contributed by atoms with Crippen molar-refractivity contribution in [3.63, 3.8) is 0 Å². The lowest BCUT2D eigenvalue weighted by Crippen LogP contribution is -2.36. The van der Waals surface area contributed by atoms with E-state index < -0.39 is 0 Å². The van der Waals surface area contributed by atoms with Gasteiger partial charge < -0.3 is 14.6 Å². The van der Waals surface area contributed by atoms with E-state index in [2.05, 4.69) is 42.6 Å². The predicted molar refractivity (Wildman–Crippen MR) is 74.5 cm³/mol. The summed E-state index contributed by atoms with van der Waals surface area (Å²) in [5.74, 6) is 1.07. The molecule has 0 fully saturated rings. The fourth-order valence-corrected chi connectivity index (χ4v) is 1.57. The van der Waals surface area contributed by atoms with Crippen LogP contribution in [0.5, 0.6) is 0 Å². The van der Waals surface area contributed by atoms with E-state index in [-0.39, 0.29) is 5.54 Å². The van der Waals surface area contributed by atoms with Crippen molar-refractivity contribution < 1.29 is 4.74 Å². The number of aromatic nitrogens is 2. The molecule has 0 saturated carbocycles. The van der Waals surface area contributed by atoms with Gasteiger partial charge in [-0.3, -0.25) is 0 Å². The van der Waals surface area contributed by atoms with Gasteiger partial charge in [0.2, 0.25) is 0 Å². The van der Waals surface area contributed by atoms with Crippen molar-refractivity contribution in [1.29, 1.82) is 0 Å². The summed E-state index contributed by atoms with van der Waals surface area (Å²) in [6.45, 7) is 12.0. The fraction of sp³-hybridized carbons (Fsp3) is 0.786. The molecule has 0 spiro atoms. The molecule has 4 heteroatoms. The summed E-state index contributed by atoms with van der Waals surface area (Å²) < 4.78 is 7.74. The third-order valence-electron chi connectivity index (χ3n) is 2.70. The molecule has 0 saturated heterocycles. The zero-order valence-electron chi connectivity index (χ0n) is 12.2. The fourth-order valence-electron chi connectivity index (χ4n) is 1.57. The predicted octanol–water partition coefficient (Wildman–Crippen LogP) is 2.59. The standard InChI is InChI=1S/C14H27N3O/c1-5-6-10-18-11-9-17-8-7-15-13(17)12-16-14(2,3)4/h7-8,16H,5-6,9-12H2,1-4H3. The Balaban J connectivity index is 2.31. The van der Waals surface area contributed by atoms with Crippen LogP contribution in [0.25, 0.3) is 0 Å². The molecule has 104 valence electrons. The van der Waals surface area contributed by atoms with Crippen molar-refractivity contribution in [1.82, 2.24) is 14.9 Å². The lowest BCUT2D eigenvalue weighted by Gasteiger charge is -2.20. The molecule has 1 rings (SSSR count). The monoisotopic (exact) mass is 253 g/mol. The molecule has 0 amide bonds. The second-order valence-corrected chi connectivity index (χ2v) is 5.61. The molecule has 4 nitrogen and oxygen atoms in total. The quantitative estimate of drug-likeness (QED) is 0.724. The number of ether oxygens (including phenoxy) is 1. The molecule has 0 radical (unpaired) electrons. The number of hydrogen-bond acceptors (Lipinski definition) is 3. The molecule has 0 unspecified atom stereocenters. The number of nitrogens with zero attached hydrogens (tertiary/aromatic N) is 2. The minimum Gasteiger partial charge on any atom is -0.380 e. The highest BCUT2D eigenvalue weighted by atomic mass is 16.5. The normalized spacial score (nSPS) is 12.0. The molecular weight excluding hydrogens is 226 g/mol. The first-order valence-electron chi connectivity index (χ1n) is 6.85. The molecule has 0 aliphatic carbocycles. The molecule has 1 N–H and O–H groups in total. The summed E-state index contributed by atoms with van der Waals surface area (Å²) in [5.41, 5.74) is 0.119. The topological polar surface area (TPSA) is 39.1 Å². The van der Waals surface area contributed by atoms with E-state index in [0.29, 0.717) is 0 Å². The van der Waals surface area contributed by atoms with Gasteiger partial charge in [0.15, 0.2) is 0 Å². The van der Waals surface area contributed by atoms with Crippen LogP contribution in [-0.4, -0.2) is 28.3 Å². The van der Waals surface area contributed by atoms with E-state index in [1.807, 2.05) is 12.4 Å². The number of unbranched alkanes of at least 4 members (excludes halogenated alkanes) is 1. The number of imidazole rings is 1. The van der Waals surface area contributed by atoms with Gasteiger partial charge in [0, 0.05) is 31.1 Å². The van der Waals surface area contributed by atoms with Crippen molar-refractivity contribution in [3.8, 4) is 0 Å². The van der Waals surface area contributed by atoms with Gasteiger partial charge in [-0.1, -0.05) is 13.3 Å². The van der Waals surface area contributed by atoms with E-state index in [1.165, 1.54) is 6.42 Å². The van der Waals surface area contributed by atoms with Gasteiger partial charge in [-0.25, -0.2) is 4.98 Å². The maximum absolute atomic E-state index is 5.58. The molecule has 1 heterocycles. The first kappa shape index (κ1) is 15.2. The molecule has 1 aromatic heterocycles. The van der Waals surface area contributed by atoms with Gasteiger partial charge in [0.1, 0.15) is 5.82 Å². The second kappa shape index (κ2) is 7.54. The van der Waals surface area contributed by atoms with Crippen LogP contribution in [0.3, 0.4) is 0 Å². The maximum atomic E-state index is 5.58. The maximum Gasteiger partial charge on any atom is 0.122 e. The zero-order chi connectivity index (χ0) is 13.4. The molecule has 0 aliphatic heterocycles. The Labute approximate surface area is 111 Å². The van der Waals surface area contributed by atoms with Crippen LogP contribution in [0.15, 0.2) is 12.4 Å². The lowest BCUT2D eigenvalue weighted by atomic mass is 10.1. The van der Waals surface area contributed by atoms with Crippen LogP contribution in [0, 0.1) is 0 Å². The first-order valence-corrected chi connectivity index (χ1v) is 6.85. The highest BCUT2D eigenvalue weighted by molar-refractivity contribution is 4.93. The van der Waals surface area contributed by atoms with Crippen LogP contribution < -0.4 is 5.32 Å². The molecule has 18 heavy (non-hydrogen) atoms. The summed E-state index contributed by atoms with van der Waals surface area (Å²) in [4.78, 5) is 4.38. The molecule has 0 atom stereocenters. The Morgan fingerprint density at radius 1 is 1.33 bits per heavy atom. The van der Waals surface area contributed by atoms with Crippen molar-refractivity contribution in [2.24, 2.45) is 0 Å². The minimum absolute atomic E-state index is 0.119. The third kappa shape index (κ3) is 6.17. The average Bonchev–Trinajstić information content (AvgIpc) is 2.73. The number of nitrogens with one attached hydrogen (secondary N) is 1. The SMILES string of the molecule is CCCCOCCn1ccnc1CNC(C)(C)C. The molecule has 0 bridgehead atoms. The highest BCUT2D eigenvalue weighted by Crippen LogP contribution is 2.03. The van der Waals surface area contributed by atoms with Crippen LogP contribution in [-0.2, 0) is 17.8 Å². The Morgan fingerprint density at radius 2 is 2.11 bits per heavy atom. The van der Waals surface area contributed by atoms with Crippen LogP contribution in [0.2, 0.25) is 0 Å². The van der Waals surface area contributed by atoms with Crippen LogP contribution in [0.4, 0.5) is 0 Å². The Hall–Kier alpha value is -0.870. The Kier molecular flexibility index (Phi) is 6.36. The van der Waals surface area contributed by atoms with Crippen LogP contribution >= 0.6 is 0 Å². The van der Waals surface area contributed by atoms with Crippen molar-refractivity contribution >= 4 is 0 Å². The van der Waals surface area contributed by atoms with Gasteiger partial charge >= 0.3 is 0 Å². The van der Waals surface area contributed by atoms with Crippen molar-refractivity contribution in [2.75, 3.05) is 13.2 Å². The van der Waals surface area contributed by atoms with Crippen molar-refractivity contribution in [2.45, 2.75) is 59.2 Å². The largest absolute Gasteiger partial charge is 0.380 e. The number of hydrogen-bond donors (Lipinski definition) is 1. The molecule has 0 aromatic carbocycles. The van der Waals surface area contributed by atoms with Crippen molar-refractivity contribution in [3.05, 3.63) is 18.2 Å². The van der Waals surface area contributed by atoms with Gasteiger partial charge in [-0.05, 0) is 27.2 Å². The summed E-state index contributed by atoms with van der Waals surface area (Å²) in [5, 5.41) is 3.45. The molecule has 0 aliphatic rings. The third-order valence-corrected chi connectivity index (χ3v) is 2.70. The average molecular weight is 253 g/mol. The van der Waals surface area contributed by atoms with Gasteiger partial charge in [-0.2, -0.15) is 0 Å². The first-order chi connectivity index (χ1) is 8.53. The zero-order valence-corrected chi connectivity index (χ0v) is 12.2. The Morgan fingerprint density at radius 3 is 2.78 bits per heavy atom.